The molecular weight excluding hydrogens is 496 g/mol. The third-order valence-electron chi connectivity index (χ3n) is 8.21. The first-order valence-corrected chi connectivity index (χ1v) is 12.7. The lowest BCUT2D eigenvalue weighted by atomic mass is 9.64. The third kappa shape index (κ3) is 3.34. The molecule has 1 fully saturated rings. The summed E-state index contributed by atoms with van der Waals surface area (Å²) in [7, 11) is 4.62. The van der Waals surface area contributed by atoms with Crippen LogP contribution in [0.1, 0.15) is 28.4 Å². The molecule has 0 radical (unpaired) electrons. The van der Waals surface area contributed by atoms with Gasteiger partial charge in [-0.1, -0.05) is 30.4 Å². The van der Waals surface area contributed by atoms with Gasteiger partial charge in [0.2, 0.25) is 5.91 Å². The van der Waals surface area contributed by atoms with E-state index in [1.54, 1.807) is 25.3 Å². The minimum atomic E-state index is -1.34. The summed E-state index contributed by atoms with van der Waals surface area (Å²) < 4.78 is 16.3. The number of fused-ring (bicyclic) bond motifs is 6. The first kappa shape index (κ1) is 24.7. The standard InChI is InChI=1S/C31H28N2O6/c1-17(34)28-27(29(35)19-9-13-24(38-3)25(16-19)39-4)31(21-7-5-6-8-22(21)32-30(31)36)26-14-10-18-15-20(37-2)11-12-23(18)33(26)28/h5-16,26-28H,1-4H3,(H,32,36). The number of methoxy groups -OCH3 is 3. The predicted octanol–water partition coefficient (Wildman–Crippen LogP) is 4.27. The molecular formula is C31H28N2O6. The predicted molar refractivity (Wildman–Crippen MR) is 147 cm³/mol. The van der Waals surface area contributed by atoms with E-state index in [0.717, 1.165) is 11.3 Å². The second-order valence-corrected chi connectivity index (χ2v) is 9.97. The number of carbonyl (C=O) groups excluding carboxylic acids is 3. The molecule has 3 aliphatic heterocycles. The highest BCUT2D eigenvalue weighted by molar-refractivity contribution is 6.16. The number of para-hydroxylation sites is 1. The Morgan fingerprint density at radius 3 is 2.41 bits per heavy atom. The normalized spacial score (nSPS) is 24.1. The Bertz CT molecular complexity index is 1560. The first-order valence-electron chi connectivity index (χ1n) is 12.7. The van der Waals surface area contributed by atoms with Crippen LogP contribution in [0.25, 0.3) is 6.08 Å². The van der Waals surface area contributed by atoms with Crippen molar-refractivity contribution in [3.63, 3.8) is 0 Å². The largest absolute Gasteiger partial charge is 0.497 e. The lowest BCUT2D eigenvalue weighted by Gasteiger charge is -2.37. The number of benzene rings is 3. The van der Waals surface area contributed by atoms with Crippen molar-refractivity contribution in [1.29, 1.82) is 0 Å². The Kier molecular flexibility index (Phi) is 5.71. The maximum atomic E-state index is 14.6. The lowest BCUT2D eigenvalue weighted by Crippen LogP contribution is -2.51. The minimum absolute atomic E-state index is 0.204. The summed E-state index contributed by atoms with van der Waals surface area (Å²) in [5.74, 6) is -0.299. The van der Waals surface area contributed by atoms with Crippen LogP contribution >= 0.6 is 0 Å². The van der Waals surface area contributed by atoms with Gasteiger partial charge in [-0.05, 0) is 55.0 Å². The Balaban J connectivity index is 1.62. The topological polar surface area (TPSA) is 94.2 Å². The SMILES string of the molecule is COc1ccc2c(c1)C=CC1N2C(C(C)=O)C(C(=O)c2ccc(OC)c(OC)c2)C12C(=O)Nc1ccccc12. The van der Waals surface area contributed by atoms with Crippen molar-refractivity contribution in [2.45, 2.75) is 24.4 Å². The van der Waals surface area contributed by atoms with Gasteiger partial charge in [-0.25, -0.2) is 0 Å². The summed E-state index contributed by atoms with van der Waals surface area (Å²) in [5.41, 5.74) is 1.95. The summed E-state index contributed by atoms with van der Waals surface area (Å²) in [6, 6.07) is 16.4. The summed E-state index contributed by atoms with van der Waals surface area (Å²) in [5, 5.41) is 3.01. The van der Waals surface area contributed by atoms with Crippen LogP contribution in [0.2, 0.25) is 0 Å². The smallest absolute Gasteiger partial charge is 0.238 e. The van der Waals surface area contributed by atoms with Gasteiger partial charge >= 0.3 is 0 Å². The van der Waals surface area contributed by atoms with Crippen molar-refractivity contribution in [3.8, 4) is 17.2 Å². The number of nitrogens with one attached hydrogen (secondary N) is 1. The van der Waals surface area contributed by atoms with Crippen LogP contribution in [0.3, 0.4) is 0 Å². The number of rotatable bonds is 6. The molecule has 4 atom stereocenters. The fourth-order valence-electron chi connectivity index (χ4n) is 6.61. The second-order valence-electron chi connectivity index (χ2n) is 9.97. The van der Waals surface area contributed by atoms with Crippen LogP contribution in [0.5, 0.6) is 17.2 Å². The summed E-state index contributed by atoms with van der Waals surface area (Å²) in [4.78, 5) is 44.3. The Morgan fingerprint density at radius 1 is 0.923 bits per heavy atom. The van der Waals surface area contributed by atoms with Crippen LogP contribution in [0.15, 0.2) is 66.7 Å². The Hall–Kier alpha value is -4.59. The van der Waals surface area contributed by atoms with Gasteiger partial charge in [-0.3, -0.25) is 14.4 Å². The molecule has 8 nitrogen and oxygen atoms in total. The molecule has 3 aromatic rings. The van der Waals surface area contributed by atoms with Gasteiger partial charge in [-0.2, -0.15) is 0 Å². The van der Waals surface area contributed by atoms with Crippen LogP contribution in [-0.4, -0.2) is 50.9 Å². The molecule has 39 heavy (non-hydrogen) atoms. The number of Topliss-reactive ketones (excluding diaryl/α,β-unsaturated/α-hetero) is 2. The maximum Gasteiger partial charge on any atom is 0.238 e. The molecule has 3 heterocycles. The molecule has 198 valence electrons. The second kappa shape index (κ2) is 9.01. The molecule has 3 aromatic carbocycles. The van der Waals surface area contributed by atoms with E-state index in [-0.39, 0.29) is 17.5 Å². The molecule has 3 aliphatic rings. The number of hydrogen-bond donors (Lipinski definition) is 1. The van der Waals surface area contributed by atoms with Gasteiger partial charge < -0.3 is 24.4 Å². The third-order valence-corrected chi connectivity index (χ3v) is 8.21. The lowest BCUT2D eigenvalue weighted by molar-refractivity contribution is -0.122. The number of anilines is 2. The Morgan fingerprint density at radius 2 is 1.69 bits per heavy atom. The number of carbonyl (C=O) groups is 3. The molecule has 1 saturated heterocycles. The number of nitrogens with zero attached hydrogens (tertiary/aromatic N) is 1. The van der Waals surface area contributed by atoms with E-state index in [2.05, 4.69) is 5.32 Å². The van der Waals surface area contributed by atoms with Crippen molar-refractivity contribution >= 4 is 34.9 Å². The van der Waals surface area contributed by atoms with Gasteiger partial charge in [0.05, 0.1) is 39.3 Å². The van der Waals surface area contributed by atoms with E-state index in [1.807, 2.05) is 59.5 Å². The van der Waals surface area contributed by atoms with Crippen molar-refractivity contribution in [3.05, 3.63) is 83.4 Å². The molecule has 1 spiro atoms. The quantitative estimate of drug-likeness (QED) is 0.481. The van der Waals surface area contributed by atoms with Crippen LogP contribution in [0, 0.1) is 5.92 Å². The highest BCUT2D eigenvalue weighted by Gasteiger charge is 2.69. The molecule has 4 unspecified atom stereocenters. The number of ether oxygens (including phenoxy) is 3. The first-order chi connectivity index (χ1) is 18.9. The van der Waals surface area contributed by atoms with Crippen molar-refractivity contribution in [1.82, 2.24) is 0 Å². The number of ketones is 2. The average Bonchev–Trinajstić information content (AvgIpc) is 3.44. The van der Waals surface area contributed by atoms with Gasteiger partial charge in [0.25, 0.3) is 0 Å². The highest BCUT2D eigenvalue weighted by atomic mass is 16.5. The van der Waals surface area contributed by atoms with E-state index in [4.69, 9.17) is 14.2 Å². The van der Waals surface area contributed by atoms with E-state index < -0.39 is 23.4 Å². The fourth-order valence-corrected chi connectivity index (χ4v) is 6.61. The minimum Gasteiger partial charge on any atom is -0.497 e. The maximum absolute atomic E-state index is 14.6. The molecule has 1 N–H and O–H groups in total. The van der Waals surface area contributed by atoms with Crippen molar-refractivity contribution in [2.75, 3.05) is 31.5 Å². The zero-order valence-corrected chi connectivity index (χ0v) is 22.1. The van der Waals surface area contributed by atoms with E-state index >= 15 is 0 Å². The highest BCUT2D eigenvalue weighted by Crippen LogP contribution is 2.58. The molecule has 0 bridgehead atoms. The number of hydrogen-bond acceptors (Lipinski definition) is 7. The van der Waals surface area contributed by atoms with E-state index in [0.29, 0.717) is 34.1 Å². The van der Waals surface area contributed by atoms with E-state index in [9.17, 15) is 14.4 Å². The summed E-state index contributed by atoms with van der Waals surface area (Å²) >= 11 is 0. The molecule has 6 rings (SSSR count). The molecule has 0 aliphatic carbocycles. The van der Waals surface area contributed by atoms with Crippen LogP contribution < -0.4 is 24.4 Å². The van der Waals surface area contributed by atoms with E-state index in [1.165, 1.54) is 21.1 Å². The van der Waals surface area contributed by atoms with Gasteiger partial charge in [0.15, 0.2) is 23.1 Å². The summed E-state index contributed by atoms with van der Waals surface area (Å²) in [6.45, 7) is 1.48. The monoisotopic (exact) mass is 524 g/mol. The zero-order chi connectivity index (χ0) is 27.5. The van der Waals surface area contributed by atoms with Crippen LogP contribution in [0.4, 0.5) is 11.4 Å². The number of amides is 1. The summed E-state index contributed by atoms with van der Waals surface area (Å²) in [6.07, 6.45) is 3.87. The molecule has 0 aromatic heterocycles. The zero-order valence-electron chi connectivity index (χ0n) is 22.1. The van der Waals surface area contributed by atoms with Crippen molar-refractivity contribution < 1.29 is 28.6 Å². The average molecular weight is 525 g/mol. The van der Waals surface area contributed by atoms with Gasteiger partial charge in [0.1, 0.15) is 11.2 Å². The molecule has 0 saturated carbocycles. The fraction of sp³-hybridized carbons (Fsp3) is 0.258. The van der Waals surface area contributed by atoms with Crippen LogP contribution in [-0.2, 0) is 15.0 Å². The molecule has 1 amide bonds. The molecule has 8 heteroatoms. The van der Waals surface area contributed by atoms with Gasteiger partial charge in [-0.15, -0.1) is 0 Å². The Labute approximate surface area is 226 Å². The van der Waals surface area contributed by atoms with Crippen molar-refractivity contribution in [2.24, 2.45) is 5.92 Å². The van der Waals surface area contributed by atoms with Gasteiger partial charge in [0, 0.05) is 22.5 Å².